The van der Waals surface area contributed by atoms with E-state index in [0.29, 0.717) is 0 Å². The second-order valence-corrected chi connectivity index (χ2v) is 5.61. The summed E-state index contributed by atoms with van der Waals surface area (Å²) >= 11 is 0. The highest BCUT2D eigenvalue weighted by Crippen LogP contribution is 2.45. The number of hydrogen-bond donors (Lipinski definition) is 1. The molecule has 2 atom stereocenters. The van der Waals surface area contributed by atoms with Crippen molar-refractivity contribution in [2.45, 2.75) is 51.5 Å². The van der Waals surface area contributed by atoms with Gasteiger partial charge in [-0.25, -0.2) is 0 Å². The van der Waals surface area contributed by atoms with Gasteiger partial charge in [-0.1, -0.05) is 6.92 Å². The number of hydrogen-bond acceptors (Lipinski definition) is 1. The van der Waals surface area contributed by atoms with Gasteiger partial charge in [-0.2, -0.15) is 0 Å². The van der Waals surface area contributed by atoms with Crippen LogP contribution in [-0.2, 0) is 0 Å². The van der Waals surface area contributed by atoms with Gasteiger partial charge in [-0.05, 0) is 56.8 Å². The van der Waals surface area contributed by atoms with Crippen molar-refractivity contribution in [3.8, 4) is 0 Å². The molecule has 12 heavy (non-hydrogen) atoms. The zero-order chi connectivity index (χ0) is 8.77. The Morgan fingerprint density at radius 1 is 1.08 bits per heavy atom. The molecule has 0 aromatic carbocycles. The molecular weight excluding hydrogens is 146 g/mol. The lowest BCUT2D eigenvalue weighted by atomic mass is 9.63. The van der Waals surface area contributed by atoms with E-state index in [-0.39, 0.29) is 5.54 Å². The lowest BCUT2D eigenvalue weighted by Gasteiger charge is -2.45. The van der Waals surface area contributed by atoms with Crippen molar-refractivity contribution in [3.05, 3.63) is 0 Å². The van der Waals surface area contributed by atoms with Crippen molar-refractivity contribution >= 4 is 0 Å². The molecule has 2 N–H and O–H groups in total. The molecule has 0 heterocycles. The van der Waals surface area contributed by atoms with Gasteiger partial charge in [-0.3, -0.25) is 0 Å². The summed E-state index contributed by atoms with van der Waals surface area (Å²) in [5.41, 5.74) is 6.37. The molecule has 2 aliphatic rings. The third-order valence-electron chi connectivity index (χ3n) is 3.65. The Morgan fingerprint density at radius 2 is 1.58 bits per heavy atom. The summed E-state index contributed by atoms with van der Waals surface area (Å²) in [5, 5.41) is 0. The summed E-state index contributed by atoms with van der Waals surface area (Å²) in [6.45, 7) is 4.64. The minimum Gasteiger partial charge on any atom is -0.325 e. The van der Waals surface area contributed by atoms with Crippen LogP contribution in [0, 0.1) is 17.8 Å². The monoisotopic (exact) mass is 167 g/mol. The smallest absolute Gasteiger partial charge is 0.0131 e. The van der Waals surface area contributed by atoms with E-state index in [9.17, 15) is 0 Å². The molecule has 0 amide bonds. The van der Waals surface area contributed by atoms with Gasteiger partial charge in [0.05, 0.1) is 0 Å². The van der Waals surface area contributed by atoms with Crippen LogP contribution in [0.15, 0.2) is 0 Å². The lowest BCUT2D eigenvalue weighted by Crippen LogP contribution is -2.46. The first kappa shape index (κ1) is 8.55. The highest BCUT2D eigenvalue weighted by molar-refractivity contribution is 4.94. The third kappa shape index (κ3) is 1.66. The second kappa shape index (κ2) is 2.73. The molecule has 0 aliphatic heterocycles. The standard InChI is InChI=1S/C11H21N/c1-8-3-9-5-10(4-8)7-11(2,12)6-9/h8-10H,3-7,12H2,1-2H3. The van der Waals surface area contributed by atoms with Gasteiger partial charge in [-0.15, -0.1) is 0 Å². The first-order chi connectivity index (χ1) is 5.55. The minimum atomic E-state index is 0.160. The van der Waals surface area contributed by atoms with Crippen molar-refractivity contribution in [1.29, 1.82) is 0 Å². The zero-order valence-electron chi connectivity index (χ0n) is 8.34. The Kier molecular flexibility index (Phi) is 1.95. The molecule has 2 unspecified atom stereocenters. The van der Waals surface area contributed by atoms with Crippen LogP contribution in [0.5, 0.6) is 0 Å². The SMILES string of the molecule is CC1CC2CC(C1)CC(C)(N)C2. The topological polar surface area (TPSA) is 26.0 Å². The van der Waals surface area contributed by atoms with Gasteiger partial charge in [0.1, 0.15) is 0 Å². The predicted octanol–water partition coefficient (Wildman–Crippen LogP) is 2.55. The van der Waals surface area contributed by atoms with E-state index in [1.54, 1.807) is 0 Å². The quantitative estimate of drug-likeness (QED) is 0.589. The maximum Gasteiger partial charge on any atom is 0.0131 e. The molecule has 2 saturated carbocycles. The number of rotatable bonds is 0. The van der Waals surface area contributed by atoms with E-state index in [4.69, 9.17) is 5.73 Å². The van der Waals surface area contributed by atoms with Crippen molar-refractivity contribution in [3.63, 3.8) is 0 Å². The fourth-order valence-electron chi connectivity index (χ4n) is 3.63. The number of nitrogens with two attached hydrogens (primary N) is 1. The Labute approximate surface area is 75.7 Å². The van der Waals surface area contributed by atoms with Gasteiger partial charge in [0.25, 0.3) is 0 Å². The molecule has 0 aromatic heterocycles. The molecule has 0 radical (unpaired) electrons. The van der Waals surface area contributed by atoms with Crippen LogP contribution in [0.3, 0.4) is 0 Å². The molecule has 0 spiro atoms. The van der Waals surface area contributed by atoms with Crippen LogP contribution in [0.25, 0.3) is 0 Å². The molecule has 1 nitrogen and oxygen atoms in total. The maximum absolute atomic E-state index is 6.21. The first-order valence-corrected chi connectivity index (χ1v) is 5.34. The summed E-state index contributed by atoms with van der Waals surface area (Å²) < 4.78 is 0. The molecule has 0 aromatic rings. The van der Waals surface area contributed by atoms with Crippen LogP contribution in [0.2, 0.25) is 0 Å². The third-order valence-corrected chi connectivity index (χ3v) is 3.65. The van der Waals surface area contributed by atoms with E-state index in [0.717, 1.165) is 17.8 Å². The van der Waals surface area contributed by atoms with E-state index in [1.807, 2.05) is 0 Å². The maximum atomic E-state index is 6.21. The summed E-state index contributed by atoms with van der Waals surface area (Å²) in [6.07, 6.45) is 6.88. The molecule has 2 rings (SSSR count). The minimum absolute atomic E-state index is 0.160. The van der Waals surface area contributed by atoms with Crippen LogP contribution >= 0.6 is 0 Å². The molecule has 2 aliphatic carbocycles. The molecule has 70 valence electrons. The van der Waals surface area contributed by atoms with E-state index < -0.39 is 0 Å². The average molecular weight is 167 g/mol. The Morgan fingerprint density at radius 3 is 2.08 bits per heavy atom. The highest BCUT2D eigenvalue weighted by Gasteiger charge is 2.38. The summed E-state index contributed by atoms with van der Waals surface area (Å²) in [4.78, 5) is 0. The summed E-state index contributed by atoms with van der Waals surface area (Å²) in [6, 6.07) is 0. The van der Waals surface area contributed by atoms with Crippen LogP contribution in [-0.4, -0.2) is 5.54 Å². The van der Waals surface area contributed by atoms with Gasteiger partial charge in [0, 0.05) is 5.54 Å². The van der Waals surface area contributed by atoms with Crippen LogP contribution in [0.1, 0.15) is 46.0 Å². The van der Waals surface area contributed by atoms with Gasteiger partial charge >= 0.3 is 0 Å². The fraction of sp³-hybridized carbons (Fsp3) is 1.00. The Hall–Kier alpha value is -0.0400. The second-order valence-electron chi connectivity index (χ2n) is 5.61. The molecule has 2 bridgehead atoms. The van der Waals surface area contributed by atoms with Crippen molar-refractivity contribution < 1.29 is 0 Å². The summed E-state index contributed by atoms with van der Waals surface area (Å²) in [7, 11) is 0. The van der Waals surface area contributed by atoms with Gasteiger partial charge < -0.3 is 5.73 Å². The highest BCUT2D eigenvalue weighted by atomic mass is 14.7. The average Bonchev–Trinajstić information content (AvgIpc) is 1.78. The molecular formula is C11H21N. The fourth-order valence-corrected chi connectivity index (χ4v) is 3.63. The Balaban J connectivity index is 2.06. The first-order valence-electron chi connectivity index (χ1n) is 5.34. The Bertz CT molecular complexity index is 154. The van der Waals surface area contributed by atoms with Crippen molar-refractivity contribution in [1.82, 2.24) is 0 Å². The van der Waals surface area contributed by atoms with E-state index in [1.165, 1.54) is 32.1 Å². The molecule has 2 fully saturated rings. The van der Waals surface area contributed by atoms with Gasteiger partial charge in [0.15, 0.2) is 0 Å². The van der Waals surface area contributed by atoms with Crippen molar-refractivity contribution in [2.75, 3.05) is 0 Å². The number of fused-ring (bicyclic) bond motifs is 2. The normalized spacial score (nSPS) is 53.8. The van der Waals surface area contributed by atoms with Gasteiger partial charge in [0.2, 0.25) is 0 Å². The van der Waals surface area contributed by atoms with Crippen LogP contribution in [0.4, 0.5) is 0 Å². The molecule has 0 saturated heterocycles. The zero-order valence-corrected chi connectivity index (χ0v) is 8.34. The van der Waals surface area contributed by atoms with Crippen LogP contribution < -0.4 is 5.73 Å². The predicted molar refractivity (Wildman–Crippen MR) is 51.8 cm³/mol. The van der Waals surface area contributed by atoms with Crippen molar-refractivity contribution in [2.24, 2.45) is 23.5 Å². The summed E-state index contributed by atoms with van der Waals surface area (Å²) in [5.74, 6) is 2.86. The molecule has 1 heteroatoms. The lowest BCUT2D eigenvalue weighted by molar-refractivity contribution is 0.0936. The van der Waals surface area contributed by atoms with E-state index in [2.05, 4.69) is 13.8 Å². The van der Waals surface area contributed by atoms with E-state index >= 15 is 0 Å². The largest absolute Gasteiger partial charge is 0.325 e.